The number of ether oxygens (including phenoxy) is 2. The first kappa shape index (κ1) is 18.0. The highest BCUT2D eigenvalue weighted by atomic mass is 79.9. The van der Waals surface area contributed by atoms with Gasteiger partial charge >= 0.3 is 12.6 Å². The van der Waals surface area contributed by atoms with Crippen molar-refractivity contribution in [1.29, 1.82) is 0 Å². The number of nitro benzene ring substituents is 1. The van der Waals surface area contributed by atoms with Gasteiger partial charge in [-0.25, -0.2) is 4.79 Å². The van der Waals surface area contributed by atoms with Crippen LogP contribution in [-0.2, 0) is 20.7 Å². The number of nitro groups is 1. The lowest BCUT2D eigenvalue weighted by atomic mass is 10.1. The average molecular weight is 382 g/mol. The minimum Gasteiger partial charge on any atom is -0.460 e. The minimum atomic E-state index is -3.15. The normalized spacial score (nSPS) is 10.4. The van der Waals surface area contributed by atoms with E-state index in [1.165, 1.54) is 6.92 Å². The highest BCUT2D eigenvalue weighted by molar-refractivity contribution is 9.10. The fourth-order valence-electron chi connectivity index (χ4n) is 1.54. The highest BCUT2D eigenvalue weighted by Gasteiger charge is 2.24. The van der Waals surface area contributed by atoms with Gasteiger partial charge in [-0.05, 0) is 28.9 Å². The molecule has 0 aliphatic heterocycles. The Morgan fingerprint density at radius 2 is 2.05 bits per heavy atom. The number of rotatable bonds is 7. The van der Waals surface area contributed by atoms with E-state index in [0.717, 1.165) is 12.1 Å². The van der Waals surface area contributed by atoms with Gasteiger partial charge in [-0.1, -0.05) is 0 Å². The van der Waals surface area contributed by atoms with E-state index in [0.29, 0.717) is 0 Å². The van der Waals surface area contributed by atoms with Gasteiger partial charge in [-0.2, -0.15) is 8.78 Å². The van der Waals surface area contributed by atoms with Crippen LogP contribution < -0.4 is 4.74 Å². The van der Waals surface area contributed by atoms with Crippen molar-refractivity contribution in [3.05, 3.63) is 32.3 Å². The van der Waals surface area contributed by atoms with Crippen molar-refractivity contribution in [3.63, 3.8) is 0 Å². The second-order valence-electron chi connectivity index (χ2n) is 3.87. The van der Waals surface area contributed by atoms with Gasteiger partial charge in [0.1, 0.15) is 5.75 Å². The lowest BCUT2D eigenvalue weighted by Crippen LogP contribution is -2.20. The van der Waals surface area contributed by atoms with Crippen LogP contribution in [0.15, 0.2) is 16.6 Å². The molecule has 1 rings (SSSR count). The Morgan fingerprint density at radius 1 is 1.41 bits per heavy atom. The first-order valence-corrected chi connectivity index (χ1v) is 6.67. The van der Waals surface area contributed by atoms with Crippen LogP contribution in [0.5, 0.6) is 5.75 Å². The first-order chi connectivity index (χ1) is 10.3. The maximum Gasteiger partial charge on any atom is 0.387 e. The molecule has 0 unspecified atom stereocenters. The van der Waals surface area contributed by atoms with Crippen molar-refractivity contribution < 1.29 is 32.8 Å². The fourth-order valence-corrected chi connectivity index (χ4v) is 1.96. The van der Waals surface area contributed by atoms with Gasteiger partial charge in [-0.3, -0.25) is 14.9 Å². The fraction of sp³-hybridized carbons (Fsp3) is 0.333. The summed E-state index contributed by atoms with van der Waals surface area (Å²) in [7, 11) is 0. The van der Waals surface area contributed by atoms with Crippen LogP contribution in [0.2, 0.25) is 0 Å². The zero-order valence-electron chi connectivity index (χ0n) is 11.2. The SMILES string of the molecule is CCOC(=O)C(=O)Cc1cc(OC(F)F)c(Br)cc1[N+](=O)[O-]. The van der Waals surface area contributed by atoms with Gasteiger partial charge in [0.25, 0.3) is 5.69 Å². The molecule has 1 aromatic carbocycles. The number of Topliss-reactive ketones (excluding diaryl/α,β-unsaturated/α-hetero) is 1. The number of alkyl halides is 2. The molecular weight excluding hydrogens is 372 g/mol. The molecule has 0 saturated heterocycles. The number of carbonyl (C=O) groups is 2. The molecule has 7 nitrogen and oxygen atoms in total. The van der Waals surface area contributed by atoms with Crippen molar-refractivity contribution in [2.45, 2.75) is 20.0 Å². The summed E-state index contributed by atoms with van der Waals surface area (Å²) in [4.78, 5) is 33.0. The molecule has 0 radical (unpaired) electrons. The number of halogens is 3. The van der Waals surface area contributed by atoms with Crippen molar-refractivity contribution in [2.75, 3.05) is 6.61 Å². The Balaban J connectivity index is 3.16. The molecule has 0 aliphatic rings. The number of hydrogen-bond donors (Lipinski definition) is 0. The van der Waals surface area contributed by atoms with E-state index in [9.17, 15) is 28.5 Å². The van der Waals surface area contributed by atoms with E-state index in [1.807, 2.05) is 0 Å². The van der Waals surface area contributed by atoms with Gasteiger partial charge < -0.3 is 9.47 Å². The predicted molar refractivity (Wildman–Crippen MR) is 72.8 cm³/mol. The Morgan fingerprint density at radius 3 is 2.55 bits per heavy atom. The number of hydrogen-bond acceptors (Lipinski definition) is 6. The zero-order valence-corrected chi connectivity index (χ0v) is 12.8. The summed E-state index contributed by atoms with van der Waals surface area (Å²) in [5, 5.41) is 11.0. The van der Waals surface area contributed by atoms with Crippen molar-refractivity contribution in [2.24, 2.45) is 0 Å². The van der Waals surface area contributed by atoms with E-state index >= 15 is 0 Å². The monoisotopic (exact) mass is 381 g/mol. The number of benzene rings is 1. The Kier molecular flexibility index (Phi) is 6.35. The van der Waals surface area contributed by atoms with Gasteiger partial charge in [0, 0.05) is 18.1 Å². The standard InChI is InChI=1S/C12H10BrF2NO6/c1-2-21-11(18)9(17)3-6-4-10(22-12(14)15)7(13)5-8(6)16(19)20/h4-5,12H,2-3H2,1H3. The maximum atomic E-state index is 12.3. The van der Waals surface area contributed by atoms with Crippen LogP contribution in [0.4, 0.5) is 14.5 Å². The molecule has 0 amide bonds. The lowest BCUT2D eigenvalue weighted by molar-refractivity contribution is -0.385. The topological polar surface area (TPSA) is 95.7 Å². The molecule has 0 heterocycles. The molecule has 0 atom stereocenters. The largest absolute Gasteiger partial charge is 0.460 e. The number of nitrogens with zero attached hydrogens (tertiary/aromatic N) is 1. The number of ketones is 1. The molecule has 0 aromatic heterocycles. The summed E-state index contributed by atoms with van der Waals surface area (Å²) in [6.07, 6.45) is -0.665. The molecule has 0 N–H and O–H groups in total. The van der Waals surface area contributed by atoms with Crippen LogP contribution in [0.3, 0.4) is 0 Å². The van der Waals surface area contributed by atoms with Gasteiger partial charge in [0.2, 0.25) is 5.78 Å². The van der Waals surface area contributed by atoms with Crippen molar-refractivity contribution in [1.82, 2.24) is 0 Å². The molecule has 1 aromatic rings. The first-order valence-electron chi connectivity index (χ1n) is 5.87. The van der Waals surface area contributed by atoms with Crippen LogP contribution >= 0.6 is 15.9 Å². The molecule has 0 spiro atoms. The molecule has 0 fully saturated rings. The summed E-state index contributed by atoms with van der Waals surface area (Å²) >= 11 is 2.86. The van der Waals surface area contributed by atoms with E-state index < -0.39 is 35.4 Å². The van der Waals surface area contributed by atoms with Gasteiger partial charge in [0.15, 0.2) is 0 Å². The van der Waals surface area contributed by atoms with Crippen molar-refractivity contribution >= 4 is 33.4 Å². The Labute approximate surface area is 131 Å². The average Bonchev–Trinajstić information content (AvgIpc) is 2.41. The highest BCUT2D eigenvalue weighted by Crippen LogP contribution is 2.34. The second-order valence-corrected chi connectivity index (χ2v) is 4.72. The molecule has 0 bridgehead atoms. The summed E-state index contributed by atoms with van der Waals surface area (Å²) in [6, 6.07) is 1.83. The summed E-state index contributed by atoms with van der Waals surface area (Å²) in [5.41, 5.74) is -0.743. The predicted octanol–water partition coefficient (Wildman–Crippen LogP) is 2.63. The summed E-state index contributed by atoms with van der Waals surface area (Å²) < 4.78 is 33.1. The second kappa shape index (κ2) is 7.78. The van der Waals surface area contributed by atoms with E-state index in [1.54, 1.807) is 0 Å². The van der Waals surface area contributed by atoms with E-state index in [4.69, 9.17) is 0 Å². The molecule has 10 heteroatoms. The molecule has 22 heavy (non-hydrogen) atoms. The number of carbonyl (C=O) groups excluding carboxylic acids is 2. The Hall–Kier alpha value is -2.10. The third kappa shape index (κ3) is 4.72. The van der Waals surface area contributed by atoms with Gasteiger partial charge in [-0.15, -0.1) is 0 Å². The molecule has 0 aliphatic carbocycles. The van der Waals surface area contributed by atoms with Crippen LogP contribution in [0.25, 0.3) is 0 Å². The van der Waals surface area contributed by atoms with Gasteiger partial charge in [0.05, 0.1) is 16.0 Å². The van der Waals surface area contributed by atoms with Crippen LogP contribution in [-0.4, -0.2) is 29.9 Å². The summed E-state index contributed by atoms with van der Waals surface area (Å²) in [6.45, 7) is -1.69. The van der Waals surface area contributed by atoms with Crippen LogP contribution in [0, 0.1) is 10.1 Å². The van der Waals surface area contributed by atoms with Crippen molar-refractivity contribution in [3.8, 4) is 5.75 Å². The molecular formula is C12H10BrF2NO6. The third-order valence-corrected chi connectivity index (χ3v) is 3.02. The maximum absolute atomic E-state index is 12.3. The van der Waals surface area contributed by atoms with Crippen LogP contribution in [0.1, 0.15) is 12.5 Å². The lowest BCUT2D eigenvalue weighted by Gasteiger charge is -2.09. The molecule has 120 valence electrons. The zero-order chi connectivity index (χ0) is 16.9. The quantitative estimate of drug-likeness (QED) is 0.311. The minimum absolute atomic E-state index is 0.0350. The smallest absolute Gasteiger partial charge is 0.387 e. The Bertz CT molecular complexity index is 608. The molecule has 0 saturated carbocycles. The van der Waals surface area contributed by atoms with E-state index in [2.05, 4.69) is 25.4 Å². The summed E-state index contributed by atoms with van der Waals surface area (Å²) in [5.74, 6) is -2.57. The third-order valence-electron chi connectivity index (χ3n) is 2.40. The van der Waals surface area contributed by atoms with E-state index in [-0.39, 0.29) is 22.4 Å². The number of esters is 1.